The summed E-state index contributed by atoms with van der Waals surface area (Å²) in [4.78, 5) is 12.6. The fourth-order valence-corrected chi connectivity index (χ4v) is 3.14. The molecule has 6 nitrogen and oxygen atoms in total. The van der Waals surface area contributed by atoms with Crippen molar-refractivity contribution in [1.82, 2.24) is 10.2 Å². The van der Waals surface area contributed by atoms with Crippen molar-refractivity contribution in [2.45, 2.75) is 0 Å². The number of benzene rings is 2. The van der Waals surface area contributed by atoms with E-state index in [1.54, 1.807) is 6.07 Å². The molecule has 0 bridgehead atoms. The number of carbonyl (C=O) groups is 1. The molecule has 0 aliphatic heterocycles. The predicted molar refractivity (Wildman–Crippen MR) is 96.1 cm³/mol. The lowest BCUT2D eigenvalue weighted by molar-refractivity contribution is 0.102. The molecule has 1 N–H and O–H groups in total. The lowest BCUT2D eigenvalue weighted by atomic mass is 10.1. The van der Waals surface area contributed by atoms with Crippen LogP contribution in [-0.2, 0) is 0 Å². The van der Waals surface area contributed by atoms with Crippen molar-refractivity contribution in [3.8, 4) is 17.2 Å². The average Bonchev–Trinajstić information content (AvgIpc) is 3.32. The van der Waals surface area contributed by atoms with Crippen LogP contribution in [0.5, 0.6) is 5.75 Å². The van der Waals surface area contributed by atoms with Crippen molar-refractivity contribution in [1.29, 1.82) is 0 Å². The first-order valence-corrected chi connectivity index (χ1v) is 8.43. The largest absolute Gasteiger partial charge is 0.496 e. The zero-order valence-electron chi connectivity index (χ0n) is 13.2. The second kappa shape index (κ2) is 6.37. The van der Waals surface area contributed by atoms with Crippen LogP contribution in [0.15, 0.2) is 57.6 Å². The van der Waals surface area contributed by atoms with E-state index in [-0.39, 0.29) is 11.9 Å². The fraction of sp³-hybridized carbons (Fsp3) is 0.0556. The maximum atomic E-state index is 12.6. The number of nitrogens with zero attached hydrogens (tertiary/aromatic N) is 2. The van der Waals surface area contributed by atoms with Gasteiger partial charge >= 0.3 is 6.01 Å². The summed E-state index contributed by atoms with van der Waals surface area (Å²) in [6.45, 7) is 0. The van der Waals surface area contributed by atoms with E-state index in [1.807, 2.05) is 47.2 Å². The molecule has 25 heavy (non-hydrogen) atoms. The number of hydrogen-bond donors (Lipinski definition) is 1. The van der Waals surface area contributed by atoms with Gasteiger partial charge in [0.1, 0.15) is 5.75 Å². The van der Waals surface area contributed by atoms with Gasteiger partial charge in [0.15, 0.2) is 0 Å². The monoisotopic (exact) mass is 351 g/mol. The maximum Gasteiger partial charge on any atom is 0.322 e. The number of anilines is 1. The molecule has 4 rings (SSSR count). The van der Waals surface area contributed by atoms with Crippen LogP contribution < -0.4 is 10.1 Å². The molecule has 0 atom stereocenters. The lowest BCUT2D eigenvalue weighted by Crippen LogP contribution is -2.13. The highest BCUT2D eigenvalue weighted by Crippen LogP contribution is 2.27. The Hall–Kier alpha value is -3.19. The Labute approximate surface area is 147 Å². The molecular formula is C18H13N3O3S. The summed E-state index contributed by atoms with van der Waals surface area (Å²) in [5, 5.41) is 16.2. The molecule has 0 saturated heterocycles. The van der Waals surface area contributed by atoms with E-state index in [1.165, 1.54) is 18.4 Å². The molecule has 2 aromatic heterocycles. The SMILES string of the molecule is COc1cc2ccccc2cc1C(=O)Nc1nnc(-c2ccsc2)o1. The van der Waals surface area contributed by atoms with Gasteiger partial charge in [0.25, 0.3) is 11.8 Å². The summed E-state index contributed by atoms with van der Waals surface area (Å²) in [5.74, 6) is 0.471. The highest BCUT2D eigenvalue weighted by atomic mass is 32.1. The van der Waals surface area contributed by atoms with Crippen molar-refractivity contribution in [3.05, 3.63) is 58.8 Å². The number of aromatic nitrogens is 2. The molecule has 2 heterocycles. The van der Waals surface area contributed by atoms with Gasteiger partial charge in [-0.3, -0.25) is 10.1 Å². The van der Waals surface area contributed by atoms with Crippen LogP contribution in [-0.4, -0.2) is 23.2 Å². The average molecular weight is 351 g/mol. The Kier molecular flexibility index (Phi) is 3.91. The third kappa shape index (κ3) is 2.97. The molecule has 4 aromatic rings. The maximum absolute atomic E-state index is 12.6. The molecule has 0 aliphatic rings. The highest BCUT2D eigenvalue weighted by molar-refractivity contribution is 7.08. The Morgan fingerprint density at radius 2 is 1.96 bits per heavy atom. The first-order chi connectivity index (χ1) is 12.2. The van der Waals surface area contributed by atoms with E-state index >= 15 is 0 Å². The number of thiophene rings is 1. The standard InChI is InChI=1S/C18H13N3O3S/c1-23-15-9-12-5-3-2-4-11(12)8-14(15)16(22)19-18-21-20-17(24-18)13-6-7-25-10-13/h2-10H,1H3,(H,19,21,22). The summed E-state index contributed by atoms with van der Waals surface area (Å²) in [6.07, 6.45) is 0. The Balaban J connectivity index is 1.63. The Morgan fingerprint density at radius 3 is 2.68 bits per heavy atom. The Morgan fingerprint density at radius 1 is 1.16 bits per heavy atom. The molecule has 2 aromatic carbocycles. The van der Waals surface area contributed by atoms with Gasteiger partial charge in [-0.05, 0) is 34.4 Å². The van der Waals surface area contributed by atoms with Crippen LogP contribution in [0, 0.1) is 0 Å². The second-order valence-electron chi connectivity index (χ2n) is 5.28. The molecule has 0 saturated carbocycles. The highest BCUT2D eigenvalue weighted by Gasteiger charge is 2.17. The first kappa shape index (κ1) is 15.3. The summed E-state index contributed by atoms with van der Waals surface area (Å²) in [5.41, 5.74) is 1.22. The summed E-state index contributed by atoms with van der Waals surface area (Å²) < 4.78 is 10.8. The van der Waals surface area contributed by atoms with E-state index in [0.717, 1.165) is 16.3 Å². The minimum atomic E-state index is -0.372. The third-order valence-corrected chi connectivity index (χ3v) is 4.41. The molecule has 7 heteroatoms. The number of nitrogens with one attached hydrogen (secondary N) is 1. The van der Waals surface area contributed by atoms with Crippen LogP contribution in [0.2, 0.25) is 0 Å². The van der Waals surface area contributed by atoms with Gasteiger partial charge in [0.05, 0.1) is 12.7 Å². The van der Waals surface area contributed by atoms with Crippen molar-refractivity contribution >= 4 is 34.0 Å². The number of hydrogen-bond acceptors (Lipinski definition) is 6. The summed E-state index contributed by atoms with van der Waals surface area (Å²) in [6, 6.07) is 13.3. The van der Waals surface area contributed by atoms with E-state index in [9.17, 15) is 4.79 Å². The van der Waals surface area contributed by atoms with Gasteiger partial charge < -0.3 is 9.15 Å². The fourth-order valence-electron chi connectivity index (χ4n) is 2.51. The molecular weight excluding hydrogens is 338 g/mol. The van der Waals surface area contributed by atoms with Crippen LogP contribution in [0.1, 0.15) is 10.4 Å². The van der Waals surface area contributed by atoms with Crippen LogP contribution in [0.4, 0.5) is 6.01 Å². The van der Waals surface area contributed by atoms with E-state index in [2.05, 4.69) is 15.5 Å². The first-order valence-electron chi connectivity index (χ1n) is 7.49. The minimum Gasteiger partial charge on any atom is -0.496 e. The third-order valence-electron chi connectivity index (χ3n) is 3.73. The molecule has 0 radical (unpaired) electrons. The number of carbonyl (C=O) groups excluding carboxylic acids is 1. The van der Waals surface area contributed by atoms with E-state index in [4.69, 9.17) is 9.15 Å². The normalized spacial score (nSPS) is 10.8. The number of ether oxygens (including phenoxy) is 1. The number of amides is 1. The minimum absolute atomic E-state index is 0.0430. The number of fused-ring (bicyclic) bond motifs is 1. The molecule has 0 unspecified atom stereocenters. The van der Waals surface area contributed by atoms with Gasteiger partial charge in [-0.1, -0.05) is 29.4 Å². The van der Waals surface area contributed by atoms with E-state index < -0.39 is 0 Å². The second-order valence-corrected chi connectivity index (χ2v) is 6.06. The zero-order valence-corrected chi connectivity index (χ0v) is 14.0. The molecule has 0 aliphatic carbocycles. The van der Waals surface area contributed by atoms with Crippen molar-refractivity contribution in [3.63, 3.8) is 0 Å². The van der Waals surface area contributed by atoms with Crippen LogP contribution in [0.3, 0.4) is 0 Å². The van der Waals surface area contributed by atoms with Crippen molar-refractivity contribution in [2.24, 2.45) is 0 Å². The van der Waals surface area contributed by atoms with Gasteiger partial charge in [-0.15, -0.1) is 5.10 Å². The van der Waals surface area contributed by atoms with Gasteiger partial charge in [-0.25, -0.2) is 0 Å². The number of methoxy groups -OCH3 is 1. The number of rotatable bonds is 4. The predicted octanol–water partition coefficient (Wildman–Crippen LogP) is 4.21. The summed E-state index contributed by atoms with van der Waals surface area (Å²) in [7, 11) is 1.53. The zero-order chi connectivity index (χ0) is 17.2. The molecule has 124 valence electrons. The quantitative estimate of drug-likeness (QED) is 0.596. The van der Waals surface area contributed by atoms with Gasteiger partial charge in [-0.2, -0.15) is 11.3 Å². The van der Waals surface area contributed by atoms with Crippen LogP contribution in [0.25, 0.3) is 22.2 Å². The van der Waals surface area contributed by atoms with Gasteiger partial charge in [0.2, 0.25) is 0 Å². The van der Waals surface area contributed by atoms with E-state index in [0.29, 0.717) is 17.2 Å². The molecule has 0 fully saturated rings. The van der Waals surface area contributed by atoms with Crippen molar-refractivity contribution < 1.29 is 13.9 Å². The molecule has 0 spiro atoms. The Bertz CT molecular complexity index is 1040. The smallest absolute Gasteiger partial charge is 0.322 e. The lowest BCUT2D eigenvalue weighted by Gasteiger charge is -2.09. The van der Waals surface area contributed by atoms with Crippen LogP contribution >= 0.6 is 11.3 Å². The van der Waals surface area contributed by atoms with Gasteiger partial charge in [0, 0.05) is 10.9 Å². The van der Waals surface area contributed by atoms with Crippen molar-refractivity contribution in [2.75, 3.05) is 12.4 Å². The summed E-state index contributed by atoms with van der Waals surface area (Å²) >= 11 is 1.53. The molecule has 1 amide bonds. The topological polar surface area (TPSA) is 77.2 Å².